The summed E-state index contributed by atoms with van der Waals surface area (Å²) in [6.07, 6.45) is 0.666. The average Bonchev–Trinajstić information content (AvgIpc) is 2.43. The predicted molar refractivity (Wildman–Crippen MR) is 78.5 cm³/mol. The fourth-order valence-corrected chi connectivity index (χ4v) is 2.20. The van der Waals surface area contributed by atoms with E-state index in [1.807, 2.05) is 30.3 Å². The largest absolute Gasteiger partial charge is 0.355 e. The van der Waals surface area contributed by atoms with Gasteiger partial charge in [0.1, 0.15) is 0 Å². The molecular formula is C16H19FN2. The highest BCUT2D eigenvalue weighted by Crippen LogP contribution is 2.27. The second kappa shape index (κ2) is 6.34. The van der Waals surface area contributed by atoms with E-state index in [-0.39, 0.29) is 0 Å². The summed E-state index contributed by atoms with van der Waals surface area (Å²) in [5.41, 5.74) is 7.37. The first-order chi connectivity index (χ1) is 9.22. The third-order valence-corrected chi connectivity index (χ3v) is 3.27. The van der Waals surface area contributed by atoms with Gasteiger partial charge in [-0.2, -0.15) is 5.54 Å². The van der Waals surface area contributed by atoms with Crippen LogP contribution in [0.4, 0.5) is 15.9 Å². The molecule has 2 N–H and O–H groups in total. The van der Waals surface area contributed by atoms with E-state index in [4.69, 9.17) is 0 Å². The number of anilines is 2. The Kier molecular flexibility index (Phi) is 4.53. The molecule has 100 valence electrons. The number of halogens is 1. The maximum Gasteiger partial charge on any atom is 0.0449 e. The number of hydrogen-bond acceptors (Lipinski definition) is 2. The maximum absolute atomic E-state index is 12.2. The van der Waals surface area contributed by atoms with Crippen molar-refractivity contribution in [2.75, 3.05) is 11.9 Å². The van der Waals surface area contributed by atoms with Crippen LogP contribution >= 0.6 is 0 Å². The molecule has 0 aliphatic heterocycles. The van der Waals surface area contributed by atoms with Crippen LogP contribution in [0, 0.1) is 13.8 Å². The van der Waals surface area contributed by atoms with Crippen molar-refractivity contribution < 1.29 is 4.48 Å². The molecule has 2 nitrogen and oxygen atoms in total. The van der Waals surface area contributed by atoms with E-state index < -0.39 is 0 Å². The van der Waals surface area contributed by atoms with E-state index >= 15 is 0 Å². The molecule has 0 aliphatic carbocycles. The van der Waals surface area contributed by atoms with E-state index in [1.54, 1.807) is 5.54 Å². The van der Waals surface area contributed by atoms with Gasteiger partial charge in [-0.15, -0.1) is 4.48 Å². The van der Waals surface area contributed by atoms with Gasteiger partial charge in [0.05, 0.1) is 0 Å². The summed E-state index contributed by atoms with van der Waals surface area (Å²) >= 11 is 0. The van der Waals surface area contributed by atoms with Gasteiger partial charge in [-0.3, -0.25) is 0 Å². The SMILES string of the molecule is Cc1ccc(C)c(Nc2ccccc2)c1CCNF. The molecule has 0 aliphatic rings. The van der Waals surface area contributed by atoms with Gasteiger partial charge in [-0.05, 0) is 49.1 Å². The lowest BCUT2D eigenvalue weighted by molar-refractivity contribution is 0.337. The molecule has 0 bridgehead atoms. The molecule has 0 spiro atoms. The molecule has 0 aromatic heterocycles. The van der Waals surface area contributed by atoms with Crippen molar-refractivity contribution >= 4 is 11.4 Å². The van der Waals surface area contributed by atoms with Crippen LogP contribution in [0.25, 0.3) is 0 Å². The summed E-state index contributed by atoms with van der Waals surface area (Å²) in [6.45, 7) is 4.45. The van der Waals surface area contributed by atoms with Crippen LogP contribution < -0.4 is 10.9 Å². The number of rotatable bonds is 5. The van der Waals surface area contributed by atoms with E-state index in [2.05, 4.69) is 31.3 Å². The van der Waals surface area contributed by atoms with Crippen molar-refractivity contribution in [1.29, 1.82) is 0 Å². The van der Waals surface area contributed by atoms with Gasteiger partial charge >= 0.3 is 0 Å². The van der Waals surface area contributed by atoms with Gasteiger partial charge in [0, 0.05) is 17.9 Å². The molecule has 2 rings (SSSR count). The van der Waals surface area contributed by atoms with Crippen molar-refractivity contribution in [3.63, 3.8) is 0 Å². The van der Waals surface area contributed by atoms with Gasteiger partial charge in [0.2, 0.25) is 0 Å². The Hall–Kier alpha value is -1.87. The highest BCUT2D eigenvalue weighted by Gasteiger charge is 2.09. The topological polar surface area (TPSA) is 24.1 Å². The third-order valence-electron chi connectivity index (χ3n) is 3.27. The monoisotopic (exact) mass is 258 g/mol. The standard InChI is InChI=1S/C16H19FN2/c1-12-8-9-13(2)16(15(12)10-11-18-17)19-14-6-4-3-5-7-14/h3-9,18-19H,10-11H2,1-2H3. The minimum absolute atomic E-state index is 0.327. The highest BCUT2D eigenvalue weighted by molar-refractivity contribution is 5.68. The smallest absolute Gasteiger partial charge is 0.0449 e. The molecule has 0 saturated heterocycles. The van der Waals surface area contributed by atoms with Crippen LogP contribution in [-0.4, -0.2) is 6.54 Å². The Labute approximate surface area is 113 Å². The zero-order valence-electron chi connectivity index (χ0n) is 11.3. The fourth-order valence-electron chi connectivity index (χ4n) is 2.20. The lowest BCUT2D eigenvalue weighted by Gasteiger charge is -2.17. The van der Waals surface area contributed by atoms with Gasteiger partial charge in [0.25, 0.3) is 0 Å². The number of aryl methyl sites for hydroxylation is 2. The van der Waals surface area contributed by atoms with Crippen molar-refractivity contribution in [2.45, 2.75) is 20.3 Å². The van der Waals surface area contributed by atoms with E-state index in [0.29, 0.717) is 13.0 Å². The molecule has 2 aromatic carbocycles. The number of nitrogens with one attached hydrogen (secondary N) is 2. The quantitative estimate of drug-likeness (QED) is 0.790. The Bertz CT molecular complexity index is 538. The lowest BCUT2D eigenvalue weighted by atomic mass is 9.99. The predicted octanol–water partition coefficient (Wildman–Crippen LogP) is 4.06. The Morgan fingerprint density at radius 3 is 2.32 bits per heavy atom. The number of benzene rings is 2. The molecule has 0 unspecified atom stereocenters. The summed E-state index contributed by atoms with van der Waals surface area (Å²) in [7, 11) is 0. The molecular weight excluding hydrogens is 239 g/mol. The van der Waals surface area contributed by atoms with Gasteiger partial charge in [-0.1, -0.05) is 30.3 Å². The first-order valence-corrected chi connectivity index (χ1v) is 6.47. The minimum atomic E-state index is 0.327. The van der Waals surface area contributed by atoms with Crippen molar-refractivity contribution in [3.05, 3.63) is 59.2 Å². The Balaban J connectivity index is 2.34. The summed E-state index contributed by atoms with van der Waals surface area (Å²) in [5.74, 6) is 0. The maximum atomic E-state index is 12.2. The van der Waals surface area contributed by atoms with Crippen molar-refractivity contribution in [2.24, 2.45) is 0 Å². The van der Waals surface area contributed by atoms with Crippen molar-refractivity contribution in [3.8, 4) is 0 Å². The molecule has 0 atom stereocenters. The van der Waals surface area contributed by atoms with Gasteiger partial charge < -0.3 is 5.32 Å². The van der Waals surface area contributed by atoms with E-state index in [9.17, 15) is 4.48 Å². The highest BCUT2D eigenvalue weighted by atomic mass is 19.2. The number of hydrogen-bond donors (Lipinski definition) is 2. The Morgan fingerprint density at radius 2 is 1.63 bits per heavy atom. The van der Waals surface area contributed by atoms with Crippen LogP contribution in [0.3, 0.4) is 0 Å². The van der Waals surface area contributed by atoms with Crippen LogP contribution in [0.1, 0.15) is 16.7 Å². The van der Waals surface area contributed by atoms with Crippen LogP contribution in [0.15, 0.2) is 42.5 Å². The molecule has 0 fully saturated rings. The van der Waals surface area contributed by atoms with Crippen molar-refractivity contribution in [1.82, 2.24) is 5.54 Å². The second-order valence-electron chi connectivity index (χ2n) is 4.68. The zero-order valence-corrected chi connectivity index (χ0v) is 11.3. The summed E-state index contributed by atoms with van der Waals surface area (Å²) < 4.78 is 12.2. The zero-order chi connectivity index (χ0) is 13.7. The molecule has 0 heterocycles. The van der Waals surface area contributed by atoms with Crippen LogP contribution in [-0.2, 0) is 6.42 Å². The fraction of sp³-hybridized carbons (Fsp3) is 0.250. The third kappa shape index (κ3) is 3.32. The number of para-hydroxylation sites is 1. The summed E-state index contributed by atoms with van der Waals surface area (Å²) in [4.78, 5) is 0. The molecule has 3 heteroatoms. The van der Waals surface area contributed by atoms with Gasteiger partial charge in [0.15, 0.2) is 0 Å². The summed E-state index contributed by atoms with van der Waals surface area (Å²) in [5, 5.41) is 3.44. The first kappa shape index (κ1) is 13.6. The van der Waals surface area contributed by atoms with E-state index in [0.717, 1.165) is 16.9 Å². The van der Waals surface area contributed by atoms with Crippen LogP contribution in [0.2, 0.25) is 0 Å². The molecule has 0 radical (unpaired) electrons. The first-order valence-electron chi connectivity index (χ1n) is 6.47. The normalized spacial score (nSPS) is 10.5. The van der Waals surface area contributed by atoms with E-state index in [1.165, 1.54) is 11.1 Å². The molecule has 0 saturated carbocycles. The minimum Gasteiger partial charge on any atom is -0.355 e. The summed E-state index contributed by atoms with van der Waals surface area (Å²) in [6, 6.07) is 14.2. The lowest BCUT2D eigenvalue weighted by Crippen LogP contribution is -2.09. The van der Waals surface area contributed by atoms with Gasteiger partial charge in [-0.25, -0.2) is 0 Å². The van der Waals surface area contributed by atoms with Crippen LogP contribution in [0.5, 0.6) is 0 Å². The molecule has 0 amide bonds. The molecule has 19 heavy (non-hydrogen) atoms. The Morgan fingerprint density at radius 1 is 0.947 bits per heavy atom. The second-order valence-corrected chi connectivity index (χ2v) is 4.68. The molecule has 2 aromatic rings. The average molecular weight is 258 g/mol.